The topological polar surface area (TPSA) is 68.9 Å². The van der Waals surface area contributed by atoms with Crippen molar-refractivity contribution in [2.45, 2.75) is 6.42 Å². The van der Waals surface area contributed by atoms with Crippen LogP contribution in [0.25, 0.3) is 0 Å². The van der Waals surface area contributed by atoms with Gasteiger partial charge in [-0.25, -0.2) is 4.79 Å². The molecule has 0 radical (unpaired) electrons. The lowest BCUT2D eigenvalue weighted by molar-refractivity contribution is 0.0657. The molecule has 1 aromatic carbocycles. The highest BCUT2D eigenvalue weighted by Gasteiger charge is 2.10. The zero-order valence-corrected chi connectivity index (χ0v) is 10.5. The maximum absolute atomic E-state index is 10.7. The van der Waals surface area contributed by atoms with Crippen LogP contribution in [0.2, 0.25) is 0 Å². The normalized spacial score (nSPS) is 10.4. The van der Waals surface area contributed by atoms with Crippen molar-refractivity contribution >= 4 is 5.97 Å². The second kappa shape index (κ2) is 6.06. The van der Waals surface area contributed by atoms with Gasteiger partial charge in [0, 0.05) is 13.2 Å². The Morgan fingerprint density at radius 1 is 1.21 bits per heavy atom. The third-order valence-corrected chi connectivity index (χ3v) is 2.53. The maximum atomic E-state index is 10.7. The number of furan rings is 1. The van der Waals surface area contributed by atoms with Gasteiger partial charge in [-0.1, -0.05) is 12.1 Å². The van der Waals surface area contributed by atoms with Gasteiger partial charge in [0.2, 0.25) is 5.76 Å². The highest BCUT2D eigenvalue weighted by molar-refractivity contribution is 5.84. The van der Waals surface area contributed by atoms with Crippen LogP contribution in [0.15, 0.2) is 40.8 Å². The number of carboxylic acids is 1. The van der Waals surface area contributed by atoms with E-state index in [1.165, 1.54) is 12.1 Å². The van der Waals surface area contributed by atoms with Crippen LogP contribution in [0.4, 0.5) is 0 Å². The van der Waals surface area contributed by atoms with Crippen molar-refractivity contribution in [3.63, 3.8) is 0 Å². The summed E-state index contributed by atoms with van der Waals surface area (Å²) in [5, 5.41) is 8.72. The maximum Gasteiger partial charge on any atom is 0.371 e. The van der Waals surface area contributed by atoms with E-state index in [9.17, 15) is 4.79 Å². The molecule has 0 unspecified atom stereocenters. The standard InChI is InChI=1S/C14H14O5/c1-17-9-8-10-2-4-11(5-3-10)18-13-7-6-12(19-13)14(15)16/h2-7H,8-9H2,1H3,(H,15,16). The van der Waals surface area contributed by atoms with Crippen molar-refractivity contribution in [2.24, 2.45) is 0 Å². The lowest BCUT2D eigenvalue weighted by Crippen LogP contribution is -1.94. The molecule has 0 saturated heterocycles. The Hall–Kier alpha value is -2.27. The molecule has 0 spiro atoms. The van der Waals surface area contributed by atoms with Gasteiger partial charge in [-0.05, 0) is 30.2 Å². The molecule has 19 heavy (non-hydrogen) atoms. The molecule has 2 rings (SSSR count). The van der Waals surface area contributed by atoms with Crippen molar-refractivity contribution < 1.29 is 23.8 Å². The summed E-state index contributed by atoms with van der Waals surface area (Å²) in [6.07, 6.45) is 0.834. The second-order valence-corrected chi connectivity index (χ2v) is 3.91. The number of hydrogen-bond acceptors (Lipinski definition) is 4. The molecule has 0 aliphatic carbocycles. The number of methoxy groups -OCH3 is 1. The van der Waals surface area contributed by atoms with E-state index in [0.29, 0.717) is 12.4 Å². The monoisotopic (exact) mass is 262 g/mol. The minimum atomic E-state index is -1.12. The van der Waals surface area contributed by atoms with Crippen LogP contribution in [0.5, 0.6) is 11.7 Å². The highest BCUT2D eigenvalue weighted by Crippen LogP contribution is 2.24. The van der Waals surface area contributed by atoms with Gasteiger partial charge in [0.1, 0.15) is 5.75 Å². The molecule has 100 valence electrons. The first kappa shape index (κ1) is 13.2. The van der Waals surface area contributed by atoms with E-state index < -0.39 is 5.97 Å². The first-order valence-corrected chi connectivity index (χ1v) is 5.78. The average Bonchev–Trinajstić information content (AvgIpc) is 2.87. The Kier molecular flexibility index (Phi) is 4.20. The number of ether oxygens (including phenoxy) is 2. The molecule has 0 atom stereocenters. The van der Waals surface area contributed by atoms with Crippen LogP contribution in [-0.4, -0.2) is 24.8 Å². The van der Waals surface area contributed by atoms with Crippen molar-refractivity contribution in [1.29, 1.82) is 0 Å². The zero-order valence-electron chi connectivity index (χ0n) is 10.5. The summed E-state index contributed by atoms with van der Waals surface area (Å²) in [6.45, 7) is 0.667. The predicted octanol–water partition coefficient (Wildman–Crippen LogP) is 2.96. The summed E-state index contributed by atoms with van der Waals surface area (Å²) < 4.78 is 15.4. The van der Waals surface area contributed by atoms with E-state index in [-0.39, 0.29) is 11.7 Å². The molecule has 0 saturated carbocycles. The Balaban J connectivity index is 2.00. The predicted molar refractivity (Wildman–Crippen MR) is 67.8 cm³/mol. The molecule has 2 aromatic rings. The summed E-state index contributed by atoms with van der Waals surface area (Å²) >= 11 is 0. The van der Waals surface area contributed by atoms with E-state index >= 15 is 0 Å². The SMILES string of the molecule is COCCc1ccc(Oc2ccc(C(=O)O)o2)cc1. The Bertz CT molecular complexity index is 541. The van der Waals surface area contributed by atoms with Crippen LogP contribution in [-0.2, 0) is 11.2 Å². The molecule has 0 bridgehead atoms. The molecule has 5 nitrogen and oxygen atoms in total. The number of carboxylic acid groups (broad SMARTS) is 1. The van der Waals surface area contributed by atoms with Gasteiger partial charge in [-0.15, -0.1) is 0 Å². The minimum absolute atomic E-state index is 0.147. The highest BCUT2D eigenvalue weighted by atomic mass is 16.6. The smallest absolute Gasteiger partial charge is 0.371 e. The summed E-state index contributed by atoms with van der Waals surface area (Å²) in [5.74, 6) is -0.522. The van der Waals surface area contributed by atoms with Gasteiger partial charge in [0.25, 0.3) is 5.95 Å². The molecular formula is C14H14O5. The molecule has 1 aromatic heterocycles. The number of benzene rings is 1. The van der Waals surface area contributed by atoms with Gasteiger partial charge in [0.15, 0.2) is 0 Å². The first-order valence-electron chi connectivity index (χ1n) is 5.78. The van der Waals surface area contributed by atoms with Gasteiger partial charge < -0.3 is 19.0 Å². The fourth-order valence-electron chi connectivity index (χ4n) is 1.55. The van der Waals surface area contributed by atoms with E-state index in [1.807, 2.05) is 12.1 Å². The average molecular weight is 262 g/mol. The van der Waals surface area contributed by atoms with Crippen LogP contribution in [0.1, 0.15) is 16.1 Å². The summed E-state index contributed by atoms with van der Waals surface area (Å²) in [4.78, 5) is 10.7. The van der Waals surface area contributed by atoms with E-state index in [1.54, 1.807) is 19.2 Å². The van der Waals surface area contributed by atoms with Crippen LogP contribution in [0.3, 0.4) is 0 Å². The Morgan fingerprint density at radius 2 is 1.95 bits per heavy atom. The number of rotatable bonds is 6. The van der Waals surface area contributed by atoms with Crippen molar-refractivity contribution in [3.05, 3.63) is 47.7 Å². The minimum Gasteiger partial charge on any atom is -0.475 e. The largest absolute Gasteiger partial charge is 0.475 e. The fourth-order valence-corrected chi connectivity index (χ4v) is 1.55. The van der Waals surface area contributed by atoms with Crippen LogP contribution >= 0.6 is 0 Å². The summed E-state index contributed by atoms with van der Waals surface area (Å²) in [5.41, 5.74) is 1.14. The summed E-state index contributed by atoms with van der Waals surface area (Å²) in [7, 11) is 1.66. The van der Waals surface area contributed by atoms with E-state index in [2.05, 4.69) is 0 Å². The fraction of sp³-hybridized carbons (Fsp3) is 0.214. The van der Waals surface area contributed by atoms with Gasteiger partial charge in [-0.2, -0.15) is 0 Å². The van der Waals surface area contributed by atoms with Gasteiger partial charge in [-0.3, -0.25) is 0 Å². The van der Waals surface area contributed by atoms with Crippen LogP contribution in [0, 0.1) is 0 Å². The number of aromatic carboxylic acids is 1. The molecule has 1 heterocycles. The van der Waals surface area contributed by atoms with Crippen molar-refractivity contribution in [2.75, 3.05) is 13.7 Å². The number of carbonyl (C=O) groups is 1. The molecule has 0 fully saturated rings. The van der Waals surface area contributed by atoms with Gasteiger partial charge in [0.05, 0.1) is 6.61 Å². The molecule has 0 aliphatic heterocycles. The van der Waals surface area contributed by atoms with E-state index in [0.717, 1.165) is 12.0 Å². The lowest BCUT2D eigenvalue weighted by Gasteiger charge is -2.04. The van der Waals surface area contributed by atoms with Gasteiger partial charge >= 0.3 is 5.97 Å². The number of hydrogen-bond donors (Lipinski definition) is 1. The summed E-state index contributed by atoms with van der Waals surface area (Å²) in [6, 6.07) is 10.3. The second-order valence-electron chi connectivity index (χ2n) is 3.91. The lowest BCUT2D eigenvalue weighted by atomic mass is 10.1. The van der Waals surface area contributed by atoms with Crippen molar-refractivity contribution in [1.82, 2.24) is 0 Å². The van der Waals surface area contributed by atoms with Crippen LogP contribution < -0.4 is 4.74 Å². The third kappa shape index (κ3) is 3.59. The molecule has 1 N–H and O–H groups in total. The molecular weight excluding hydrogens is 248 g/mol. The van der Waals surface area contributed by atoms with Crippen molar-refractivity contribution in [3.8, 4) is 11.7 Å². The Labute approximate surface area is 110 Å². The molecule has 0 amide bonds. The Morgan fingerprint density at radius 3 is 2.53 bits per heavy atom. The molecule has 5 heteroatoms. The zero-order chi connectivity index (χ0) is 13.7. The molecule has 0 aliphatic rings. The third-order valence-electron chi connectivity index (χ3n) is 2.53. The quantitative estimate of drug-likeness (QED) is 0.866. The van der Waals surface area contributed by atoms with E-state index in [4.69, 9.17) is 19.0 Å². The first-order chi connectivity index (χ1) is 9.19.